The van der Waals surface area contributed by atoms with Gasteiger partial charge in [-0.3, -0.25) is 4.79 Å². The molecule has 1 aliphatic rings. The van der Waals surface area contributed by atoms with E-state index >= 15 is 0 Å². The van der Waals surface area contributed by atoms with Gasteiger partial charge in [0.05, 0.1) is 11.5 Å². The van der Waals surface area contributed by atoms with Gasteiger partial charge < -0.3 is 9.84 Å². The summed E-state index contributed by atoms with van der Waals surface area (Å²) < 4.78 is 31.8. The highest BCUT2D eigenvalue weighted by atomic mass is 32.2. The highest BCUT2D eigenvalue weighted by Crippen LogP contribution is 2.22. The Labute approximate surface area is 117 Å². The fourth-order valence-corrected chi connectivity index (χ4v) is 3.45. The van der Waals surface area contributed by atoms with Crippen molar-refractivity contribution in [1.82, 2.24) is 4.72 Å². The lowest BCUT2D eigenvalue weighted by molar-refractivity contribution is -0.144. The predicted octanol–water partition coefficient (Wildman–Crippen LogP) is 0.771. The molecule has 1 aromatic rings. The third-order valence-electron chi connectivity index (χ3n) is 3.40. The zero-order valence-corrected chi connectivity index (χ0v) is 11.9. The van der Waals surface area contributed by atoms with Crippen LogP contribution in [0.2, 0.25) is 0 Å². The molecule has 1 heterocycles. The van der Waals surface area contributed by atoms with Crippen molar-refractivity contribution in [1.29, 1.82) is 0 Å². The summed E-state index contributed by atoms with van der Waals surface area (Å²) in [6, 6.07) is 6.39. The van der Waals surface area contributed by atoms with Crippen molar-refractivity contribution in [3.8, 4) is 0 Å². The van der Waals surface area contributed by atoms with Crippen LogP contribution in [-0.4, -0.2) is 38.2 Å². The zero-order chi connectivity index (χ0) is 14.8. The number of ether oxygens (including phenoxy) is 1. The van der Waals surface area contributed by atoms with Crippen molar-refractivity contribution < 1.29 is 23.1 Å². The van der Waals surface area contributed by atoms with Gasteiger partial charge >= 0.3 is 5.97 Å². The molecule has 0 spiro atoms. The number of hydrogen-bond acceptors (Lipinski definition) is 4. The molecule has 1 aliphatic heterocycles. The number of aryl methyl sites for hydroxylation is 1. The van der Waals surface area contributed by atoms with E-state index in [0.29, 0.717) is 0 Å². The Bertz CT molecular complexity index is 588. The molecule has 110 valence electrons. The van der Waals surface area contributed by atoms with Crippen LogP contribution in [-0.2, 0) is 26.0 Å². The minimum absolute atomic E-state index is 0.0576. The second-order valence-electron chi connectivity index (χ2n) is 4.79. The first-order chi connectivity index (χ1) is 9.39. The maximum absolute atomic E-state index is 12.3. The highest BCUT2D eigenvalue weighted by Gasteiger charge is 2.46. The summed E-state index contributed by atoms with van der Waals surface area (Å²) in [6.45, 7) is 2.04. The van der Waals surface area contributed by atoms with Gasteiger partial charge in [-0.25, -0.2) is 8.42 Å². The fourth-order valence-electron chi connectivity index (χ4n) is 2.08. The summed E-state index contributed by atoms with van der Waals surface area (Å²) in [5, 5.41) is 9.25. The van der Waals surface area contributed by atoms with Crippen LogP contribution in [0.3, 0.4) is 0 Å². The topological polar surface area (TPSA) is 92.7 Å². The molecule has 0 aromatic heterocycles. The van der Waals surface area contributed by atoms with Crippen molar-refractivity contribution >= 4 is 16.0 Å². The van der Waals surface area contributed by atoms with Crippen LogP contribution < -0.4 is 4.72 Å². The number of rotatable bonds is 5. The van der Waals surface area contributed by atoms with E-state index in [9.17, 15) is 18.3 Å². The molecule has 1 aromatic carbocycles. The Hall–Kier alpha value is -1.44. The second kappa shape index (κ2) is 5.51. The first-order valence-corrected chi connectivity index (χ1v) is 7.82. The number of sulfonamides is 1. The molecule has 1 fully saturated rings. The van der Waals surface area contributed by atoms with Gasteiger partial charge in [0, 0.05) is 13.0 Å². The van der Waals surface area contributed by atoms with E-state index in [4.69, 9.17) is 4.74 Å². The van der Waals surface area contributed by atoms with Crippen LogP contribution in [0.5, 0.6) is 0 Å². The molecule has 1 unspecified atom stereocenters. The van der Waals surface area contributed by atoms with Gasteiger partial charge in [-0.05, 0) is 24.1 Å². The van der Waals surface area contributed by atoms with Crippen LogP contribution in [0.15, 0.2) is 29.2 Å². The van der Waals surface area contributed by atoms with Gasteiger partial charge in [0.2, 0.25) is 10.0 Å². The third-order valence-corrected chi connectivity index (χ3v) is 4.95. The molecule has 1 atom stereocenters. The highest BCUT2D eigenvalue weighted by molar-refractivity contribution is 7.89. The fraction of sp³-hybridized carbons (Fsp3) is 0.462. The molecule has 0 amide bonds. The summed E-state index contributed by atoms with van der Waals surface area (Å²) in [5.74, 6) is -1.22. The molecule has 0 aliphatic carbocycles. The molecule has 6 nitrogen and oxygen atoms in total. The standard InChI is InChI=1S/C13H17NO5S/c1-2-10-3-5-11(6-4-10)20(17,18)14-13(12(15)16)7-8-19-9-13/h3-6,14H,2,7-9H2,1H3,(H,15,16). The minimum Gasteiger partial charge on any atom is -0.480 e. The quantitative estimate of drug-likeness (QED) is 0.838. The molecule has 1 saturated heterocycles. The van der Waals surface area contributed by atoms with E-state index in [0.717, 1.165) is 12.0 Å². The Morgan fingerprint density at radius 1 is 1.40 bits per heavy atom. The van der Waals surface area contributed by atoms with E-state index in [1.54, 1.807) is 12.1 Å². The smallest absolute Gasteiger partial charge is 0.327 e. The number of aliphatic carboxylic acids is 1. The van der Waals surface area contributed by atoms with E-state index in [1.807, 2.05) is 6.92 Å². The maximum Gasteiger partial charge on any atom is 0.327 e. The summed E-state index contributed by atoms with van der Waals surface area (Å²) in [4.78, 5) is 11.4. The first kappa shape index (κ1) is 15.0. The average molecular weight is 299 g/mol. The van der Waals surface area contributed by atoms with E-state index in [2.05, 4.69) is 4.72 Å². The molecule has 2 N–H and O–H groups in total. The predicted molar refractivity (Wildman–Crippen MR) is 71.9 cm³/mol. The molecule has 7 heteroatoms. The molecule has 20 heavy (non-hydrogen) atoms. The van der Waals surface area contributed by atoms with E-state index in [-0.39, 0.29) is 24.5 Å². The Morgan fingerprint density at radius 3 is 2.50 bits per heavy atom. The van der Waals surface area contributed by atoms with Crippen LogP contribution in [0.1, 0.15) is 18.9 Å². The number of benzene rings is 1. The second-order valence-corrected chi connectivity index (χ2v) is 6.48. The van der Waals surface area contributed by atoms with Crippen molar-refractivity contribution in [2.75, 3.05) is 13.2 Å². The SMILES string of the molecule is CCc1ccc(S(=O)(=O)NC2(C(=O)O)CCOC2)cc1. The normalized spacial score (nSPS) is 22.9. The van der Waals surface area contributed by atoms with Gasteiger partial charge in [0.15, 0.2) is 5.54 Å². The lowest BCUT2D eigenvalue weighted by Gasteiger charge is -2.23. The van der Waals surface area contributed by atoms with Gasteiger partial charge in [-0.15, -0.1) is 0 Å². The van der Waals surface area contributed by atoms with Gasteiger partial charge in [0.1, 0.15) is 0 Å². The average Bonchev–Trinajstić information content (AvgIpc) is 2.88. The monoisotopic (exact) mass is 299 g/mol. The lowest BCUT2D eigenvalue weighted by atomic mass is 10.0. The Kier molecular flexibility index (Phi) is 4.12. The third kappa shape index (κ3) is 2.84. The number of carboxylic acid groups (broad SMARTS) is 1. The molecular weight excluding hydrogens is 282 g/mol. The van der Waals surface area contributed by atoms with Gasteiger partial charge in [-0.2, -0.15) is 4.72 Å². The van der Waals surface area contributed by atoms with Crippen LogP contribution in [0.25, 0.3) is 0 Å². The number of carboxylic acids is 1. The van der Waals surface area contributed by atoms with Crippen molar-refractivity contribution in [2.24, 2.45) is 0 Å². The van der Waals surface area contributed by atoms with E-state index < -0.39 is 21.5 Å². The van der Waals surface area contributed by atoms with Crippen LogP contribution in [0.4, 0.5) is 0 Å². The Balaban J connectivity index is 2.27. The number of nitrogens with one attached hydrogen (secondary N) is 1. The van der Waals surface area contributed by atoms with Crippen molar-refractivity contribution in [2.45, 2.75) is 30.2 Å². The minimum atomic E-state index is -3.88. The molecular formula is C13H17NO5S. The summed E-state index contributed by atoms with van der Waals surface area (Å²) >= 11 is 0. The lowest BCUT2D eigenvalue weighted by Crippen LogP contribution is -2.54. The number of carbonyl (C=O) groups is 1. The summed E-state index contributed by atoms with van der Waals surface area (Å²) in [5.41, 5.74) is -0.552. The number of hydrogen-bond donors (Lipinski definition) is 2. The molecule has 0 saturated carbocycles. The molecule has 0 radical (unpaired) electrons. The van der Waals surface area contributed by atoms with E-state index in [1.165, 1.54) is 12.1 Å². The first-order valence-electron chi connectivity index (χ1n) is 6.34. The van der Waals surface area contributed by atoms with Crippen molar-refractivity contribution in [3.05, 3.63) is 29.8 Å². The summed E-state index contributed by atoms with van der Waals surface area (Å²) in [6.07, 6.45) is 0.926. The Morgan fingerprint density at radius 2 is 2.05 bits per heavy atom. The van der Waals surface area contributed by atoms with Crippen LogP contribution in [0, 0.1) is 0 Å². The van der Waals surface area contributed by atoms with Gasteiger partial charge in [-0.1, -0.05) is 19.1 Å². The summed E-state index contributed by atoms with van der Waals surface area (Å²) in [7, 11) is -3.88. The molecule has 2 rings (SSSR count). The van der Waals surface area contributed by atoms with Crippen molar-refractivity contribution in [3.63, 3.8) is 0 Å². The van der Waals surface area contributed by atoms with Gasteiger partial charge in [0.25, 0.3) is 0 Å². The maximum atomic E-state index is 12.3. The zero-order valence-electron chi connectivity index (χ0n) is 11.1. The van der Waals surface area contributed by atoms with Crippen LogP contribution >= 0.6 is 0 Å². The molecule has 0 bridgehead atoms. The largest absolute Gasteiger partial charge is 0.480 e.